The van der Waals surface area contributed by atoms with Crippen molar-refractivity contribution in [3.8, 4) is 0 Å². The number of hydrogen-bond acceptors (Lipinski definition) is 4. The molecule has 2 N–H and O–H groups in total. The third-order valence-corrected chi connectivity index (χ3v) is 6.10. The van der Waals surface area contributed by atoms with Crippen molar-refractivity contribution >= 4 is 35.9 Å². The zero-order valence-electron chi connectivity index (χ0n) is 15.9. The number of likely N-dealkylation sites (tertiary alicyclic amines) is 1. The molecule has 0 aromatic heterocycles. The Labute approximate surface area is 171 Å². The summed E-state index contributed by atoms with van der Waals surface area (Å²) in [5.41, 5.74) is 1.25. The first-order valence-corrected chi connectivity index (χ1v) is 9.83. The summed E-state index contributed by atoms with van der Waals surface area (Å²) >= 11 is 0. The Bertz CT molecular complexity index is 725. The van der Waals surface area contributed by atoms with Crippen LogP contribution in [0.5, 0.6) is 0 Å². The minimum absolute atomic E-state index is 0. The number of rotatable bonds is 3. The number of nitrogens with one attached hydrogen (secondary N) is 2. The van der Waals surface area contributed by atoms with Crippen molar-refractivity contribution in [2.45, 2.75) is 25.7 Å². The Kier molecular flexibility index (Phi) is 6.57. The van der Waals surface area contributed by atoms with Gasteiger partial charge in [-0.15, -0.1) is 12.4 Å². The molecule has 28 heavy (non-hydrogen) atoms. The van der Waals surface area contributed by atoms with Crippen LogP contribution in [-0.4, -0.2) is 55.5 Å². The molecule has 3 fully saturated rings. The molecule has 0 bridgehead atoms. The lowest BCUT2D eigenvalue weighted by atomic mass is 9.79. The highest BCUT2D eigenvalue weighted by atomic mass is 35.5. The molecule has 3 aliphatic rings. The lowest BCUT2D eigenvalue weighted by Gasteiger charge is -2.37. The van der Waals surface area contributed by atoms with E-state index in [2.05, 4.69) is 10.6 Å². The van der Waals surface area contributed by atoms with Crippen LogP contribution in [0.4, 0.5) is 10.5 Å². The predicted molar refractivity (Wildman–Crippen MR) is 109 cm³/mol. The van der Waals surface area contributed by atoms with Gasteiger partial charge in [-0.3, -0.25) is 19.8 Å². The van der Waals surface area contributed by atoms with Crippen LogP contribution in [0.3, 0.4) is 0 Å². The van der Waals surface area contributed by atoms with E-state index in [0.717, 1.165) is 50.9 Å². The van der Waals surface area contributed by atoms with Crippen LogP contribution in [0, 0.1) is 11.8 Å². The summed E-state index contributed by atoms with van der Waals surface area (Å²) in [6, 6.07) is 6.53. The molecule has 3 heterocycles. The smallest absolute Gasteiger partial charge is 0.329 e. The number of halogens is 1. The van der Waals surface area contributed by atoms with Gasteiger partial charge in [-0.05, 0) is 74.9 Å². The first kappa shape index (κ1) is 20.6. The molecule has 152 valence electrons. The van der Waals surface area contributed by atoms with Gasteiger partial charge in [-0.1, -0.05) is 0 Å². The van der Waals surface area contributed by atoms with Crippen molar-refractivity contribution in [2.75, 3.05) is 37.6 Å². The van der Waals surface area contributed by atoms with Gasteiger partial charge in [-0.2, -0.15) is 0 Å². The summed E-state index contributed by atoms with van der Waals surface area (Å²) in [4.78, 5) is 39.2. The molecule has 0 radical (unpaired) electrons. The molecular weight excluding hydrogens is 380 g/mol. The first-order valence-electron chi connectivity index (χ1n) is 9.83. The number of anilines is 1. The van der Waals surface area contributed by atoms with Gasteiger partial charge in [0.2, 0.25) is 5.91 Å². The van der Waals surface area contributed by atoms with Crippen molar-refractivity contribution in [2.24, 2.45) is 11.8 Å². The fourth-order valence-electron chi connectivity index (χ4n) is 4.51. The van der Waals surface area contributed by atoms with Crippen LogP contribution < -0.4 is 15.5 Å². The van der Waals surface area contributed by atoms with Gasteiger partial charge in [0.1, 0.15) is 6.54 Å². The van der Waals surface area contributed by atoms with Crippen LogP contribution in [-0.2, 0) is 4.79 Å². The molecule has 0 aliphatic carbocycles. The number of piperidine rings is 2. The molecule has 8 heteroatoms. The van der Waals surface area contributed by atoms with E-state index in [-0.39, 0.29) is 30.8 Å². The van der Waals surface area contributed by atoms with E-state index in [4.69, 9.17) is 0 Å². The number of nitrogens with zero attached hydrogens (tertiary/aromatic N) is 2. The second-order valence-electron chi connectivity index (χ2n) is 7.70. The molecule has 4 amide bonds. The van der Waals surface area contributed by atoms with Crippen LogP contribution in [0.25, 0.3) is 0 Å². The van der Waals surface area contributed by atoms with E-state index >= 15 is 0 Å². The quantitative estimate of drug-likeness (QED) is 0.752. The predicted octanol–water partition coefficient (Wildman–Crippen LogP) is 2.02. The second kappa shape index (κ2) is 8.92. The average molecular weight is 407 g/mol. The number of benzene rings is 1. The molecule has 0 unspecified atom stereocenters. The Balaban J connectivity index is 0.00000225. The van der Waals surface area contributed by atoms with Crippen LogP contribution in [0.15, 0.2) is 24.3 Å². The fraction of sp³-hybridized carbons (Fsp3) is 0.550. The number of carbonyl (C=O) groups excluding carboxylic acids is 3. The number of carbonyl (C=O) groups is 3. The summed E-state index contributed by atoms with van der Waals surface area (Å²) < 4.78 is 0. The molecule has 4 rings (SSSR count). The molecule has 1 aromatic carbocycles. The number of imide groups is 1. The fourth-order valence-corrected chi connectivity index (χ4v) is 4.51. The minimum atomic E-state index is -0.418. The standard InChI is InChI=1S/C20H26N4O3.ClH/c25-18-13-24(20(27)22-18)17-3-1-16(2-4-17)19(26)23-11-7-15(8-12-23)14-5-9-21-10-6-14;/h1-4,14-15,21H,5-13H2,(H,22,25,27);1H. The van der Waals surface area contributed by atoms with Crippen molar-refractivity contribution in [1.29, 1.82) is 0 Å². The first-order chi connectivity index (χ1) is 13.1. The molecule has 0 saturated carbocycles. The monoisotopic (exact) mass is 406 g/mol. The summed E-state index contributed by atoms with van der Waals surface area (Å²) in [5, 5.41) is 5.68. The van der Waals surface area contributed by atoms with E-state index in [1.54, 1.807) is 24.3 Å². The van der Waals surface area contributed by atoms with Gasteiger partial charge < -0.3 is 10.2 Å². The third-order valence-electron chi connectivity index (χ3n) is 6.10. The SMILES string of the molecule is Cl.O=C1CN(c2ccc(C(=O)N3CCC(C4CCNCC4)CC3)cc2)C(=O)N1. The molecular formula is C20H27ClN4O3. The van der Waals surface area contributed by atoms with Crippen molar-refractivity contribution < 1.29 is 14.4 Å². The van der Waals surface area contributed by atoms with Gasteiger partial charge in [0.15, 0.2) is 0 Å². The van der Waals surface area contributed by atoms with E-state index in [0.29, 0.717) is 11.3 Å². The maximum atomic E-state index is 12.8. The highest BCUT2D eigenvalue weighted by Gasteiger charge is 2.30. The Morgan fingerprint density at radius 2 is 1.54 bits per heavy atom. The topological polar surface area (TPSA) is 81.8 Å². The highest BCUT2D eigenvalue weighted by Crippen LogP contribution is 2.31. The summed E-state index contributed by atoms with van der Waals surface area (Å²) in [7, 11) is 0. The van der Waals surface area contributed by atoms with Gasteiger partial charge in [0.25, 0.3) is 5.91 Å². The normalized spacial score (nSPS) is 21.4. The molecule has 0 atom stereocenters. The molecule has 1 aromatic rings. The minimum Gasteiger partial charge on any atom is -0.339 e. The largest absolute Gasteiger partial charge is 0.339 e. The zero-order chi connectivity index (χ0) is 18.8. The molecule has 7 nitrogen and oxygen atoms in total. The molecule has 3 saturated heterocycles. The number of urea groups is 1. The van der Waals surface area contributed by atoms with Crippen molar-refractivity contribution in [3.63, 3.8) is 0 Å². The van der Waals surface area contributed by atoms with E-state index in [1.165, 1.54) is 17.7 Å². The Morgan fingerprint density at radius 1 is 0.929 bits per heavy atom. The average Bonchev–Trinajstić information content (AvgIpc) is 3.06. The van der Waals surface area contributed by atoms with Gasteiger partial charge in [0, 0.05) is 24.3 Å². The second-order valence-corrected chi connectivity index (χ2v) is 7.70. The maximum absolute atomic E-state index is 12.8. The highest BCUT2D eigenvalue weighted by molar-refractivity contribution is 6.12. The molecule has 0 spiro atoms. The Morgan fingerprint density at radius 3 is 2.11 bits per heavy atom. The number of hydrogen-bond donors (Lipinski definition) is 2. The van der Waals surface area contributed by atoms with E-state index < -0.39 is 6.03 Å². The maximum Gasteiger partial charge on any atom is 0.329 e. The van der Waals surface area contributed by atoms with Crippen LogP contribution in [0.2, 0.25) is 0 Å². The molecule has 3 aliphatic heterocycles. The zero-order valence-corrected chi connectivity index (χ0v) is 16.7. The lowest BCUT2D eigenvalue weighted by Crippen LogP contribution is -2.42. The summed E-state index contributed by atoms with van der Waals surface area (Å²) in [6.45, 7) is 3.90. The van der Waals surface area contributed by atoms with Crippen molar-refractivity contribution in [3.05, 3.63) is 29.8 Å². The van der Waals surface area contributed by atoms with Gasteiger partial charge in [0.05, 0.1) is 0 Å². The van der Waals surface area contributed by atoms with Crippen LogP contribution >= 0.6 is 12.4 Å². The summed E-state index contributed by atoms with van der Waals surface area (Å²) in [5.74, 6) is 1.28. The van der Waals surface area contributed by atoms with Gasteiger partial charge in [-0.25, -0.2) is 4.79 Å². The Hall–Kier alpha value is -2.12. The lowest BCUT2D eigenvalue weighted by molar-refractivity contribution is -0.117. The number of amides is 4. The van der Waals surface area contributed by atoms with Crippen molar-refractivity contribution in [1.82, 2.24) is 15.5 Å². The van der Waals surface area contributed by atoms with Gasteiger partial charge >= 0.3 is 6.03 Å². The summed E-state index contributed by atoms with van der Waals surface area (Å²) in [6.07, 6.45) is 4.69. The van der Waals surface area contributed by atoms with E-state index in [1.807, 2.05) is 4.90 Å². The van der Waals surface area contributed by atoms with Crippen LogP contribution in [0.1, 0.15) is 36.0 Å². The third kappa shape index (κ3) is 4.31. The van der Waals surface area contributed by atoms with E-state index in [9.17, 15) is 14.4 Å².